The van der Waals surface area contributed by atoms with E-state index in [4.69, 9.17) is 0 Å². The van der Waals surface area contributed by atoms with Crippen molar-refractivity contribution in [1.29, 1.82) is 0 Å². The van der Waals surface area contributed by atoms with Crippen molar-refractivity contribution in [2.45, 2.75) is 6.18 Å². The highest BCUT2D eigenvalue weighted by molar-refractivity contribution is 5.80. The van der Waals surface area contributed by atoms with Crippen LogP contribution in [0.4, 0.5) is 18.9 Å². The van der Waals surface area contributed by atoms with Gasteiger partial charge in [-0.2, -0.15) is 18.3 Å². The molecule has 0 radical (unpaired) electrons. The van der Waals surface area contributed by atoms with Gasteiger partial charge in [0.1, 0.15) is 0 Å². The Morgan fingerprint density at radius 1 is 0.947 bits per heavy atom. The molecule has 2 aromatic carbocycles. The number of halogens is 3. The lowest BCUT2D eigenvalue weighted by Crippen LogP contribution is -2.05. The van der Waals surface area contributed by atoms with E-state index in [1.54, 1.807) is 6.07 Å². The number of hydrogen-bond donors (Lipinski definition) is 1. The van der Waals surface area contributed by atoms with Crippen LogP contribution < -0.4 is 5.43 Å². The maximum absolute atomic E-state index is 12.5. The molecule has 0 saturated carbocycles. The third kappa shape index (κ3) is 3.84. The van der Waals surface area contributed by atoms with Gasteiger partial charge < -0.3 is 0 Å². The van der Waals surface area contributed by atoms with Crippen LogP contribution >= 0.6 is 0 Å². The largest absolute Gasteiger partial charge is 0.416 e. The van der Waals surface area contributed by atoms with Gasteiger partial charge in [0.05, 0.1) is 17.5 Å². The number of nitrogens with one attached hydrogen (secondary N) is 1. The van der Waals surface area contributed by atoms with Crippen LogP contribution in [0.2, 0.25) is 0 Å². The summed E-state index contributed by atoms with van der Waals surface area (Å²) in [6.07, 6.45) is -2.99. The molecule has 0 bridgehead atoms. The van der Waals surface area contributed by atoms with Gasteiger partial charge >= 0.3 is 6.18 Å². The van der Waals surface area contributed by atoms with Crippen LogP contribution in [0.1, 0.15) is 11.1 Å². The third-order valence-electron chi connectivity index (χ3n) is 2.40. The van der Waals surface area contributed by atoms with Gasteiger partial charge in [0.25, 0.3) is 0 Å². The Hall–Kier alpha value is -2.30. The summed E-state index contributed by atoms with van der Waals surface area (Å²) in [5.41, 5.74) is 3.21. The van der Waals surface area contributed by atoms with Gasteiger partial charge in [0.2, 0.25) is 0 Å². The highest BCUT2D eigenvalue weighted by Gasteiger charge is 2.30. The molecule has 5 heteroatoms. The van der Waals surface area contributed by atoms with Gasteiger partial charge in [-0.15, -0.1) is 0 Å². The van der Waals surface area contributed by atoms with Crippen LogP contribution in [0.25, 0.3) is 0 Å². The molecular weight excluding hydrogens is 253 g/mol. The Morgan fingerprint density at radius 3 is 2.37 bits per heavy atom. The number of hydrogen-bond acceptors (Lipinski definition) is 2. The molecule has 2 nitrogen and oxygen atoms in total. The van der Waals surface area contributed by atoms with Crippen LogP contribution in [0, 0.1) is 0 Å². The minimum Gasteiger partial charge on any atom is -0.279 e. The van der Waals surface area contributed by atoms with E-state index in [2.05, 4.69) is 10.5 Å². The Labute approximate surface area is 108 Å². The summed E-state index contributed by atoms with van der Waals surface area (Å²) in [6, 6.07) is 14.1. The minimum atomic E-state index is -4.34. The van der Waals surface area contributed by atoms with Crippen LogP contribution in [0.5, 0.6) is 0 Å². The molecule has 2 aromatic rings. The highest BCUT2D eigenvalue weighted by Crippen LogP contribution is 2.29. The molecule has 2 rings (SSSR count). The first kappa shape index (κ1) is 13.1. The Morgan fingerprint density at radius 2 is 1.68 bits per heavy atom. The summed E-state index contributed by atoms with van der Waals surface area (Å²) in [7, 11) is 0. The van der Waals surface area contributed by atoms with Gasteiger partial charge in [-0.3, -0.25) is 5.43 Å². The monoisotopic (exact) mass is 264 g/mol. The van der Waals surface area contributed by atoms with Gasteiger partial charge in [-0.1, -0.05) is 30.3 Å². The molecule has 0 aliphatic carbocycles. The molecule has 0 fully saturated rings. The topological polar surface area (TPSA) is 24.4 Å². The Balaban J connectivity index is 2.07. The lowest BCUT2D eigenvalue weighted by molar-refractivity contribution is -0.137. The molecule has 98 valence electrons. The molecular formula is C14H11F3N2. The molecule has 0 atom stereocenters. The number of alkyl halides is 3. The van der Waals surface area contributed by atoms with Crippen molar-refractivity contribution < 1.29 is 13.2 Å². The standard InChI is InChI=1S/C14H11F3N2/c15-14(16,17)12-6-4-5-11(9-12)10-18-19-13-7-2-1-3-8-13/h1-10,19H. The van der Waals surface area contributed by atoms with E-state index in [-0.39, 0.29) is 0 Å². The molecule has 0 unspecified atom stereocenters. The lowest BCUT2D eigenvalue weighted by Gasteiger charge is -2.06. The summed E-state index contributed by atoms with van der Waals surface area (Å²) in [5, 5.41) is 3.89. The van der Waals surface area contributed by atoms with Crippen LogP contribution in [0.3, 0.4) is 0 Å². The van der Waals surface area contributed by atoms with E-state index >= 15 is 0 Å². The van der Waals surface area contributed by atoms with Crippen molar-refractivity contribution in [1.82, 2.24) is 0 Å². The zero-order valence-electron chi connectivity index (χ0n) is 9.85. The van der Waals surface area contributed by atoms with Crippen molar-refractivity contribution >= 4 is 11.9 Å². The second kappa shape index (κ2) is 5.56. The van der Waals surface area contributed by atoms with Crippen LogP contribution in [0.15, 0.2) is 59.7 Å². The van der Waals surface area contributed by atoms with E-state index in [1.807, 2.05) is 30.3 Å². The predicted octanol–water partition coefficient (Wildman–Crippen LogP) is 4.15. The number of para-hydroxylation sites is 1. The first-order chi connectivity index (χ1) is 9.05. The quantitative estimate of drug-likeness (QED) is 0.653. The Kier molecular flexibility index (Phi) is 3.85. The fourth-order valence-corrected chi connectivity index (χ4v) is 1.49. The van der Waals surface area contributed by atoms with Crippen LogP contribution in [-0.4, -0.2) is 6.21 Å². The molecule has 0 aromatic heterocycles. The lowest BCUT2D eigenvalue weighted by atomic mass is 10.1. The number of rotatable bonds is 3. The molecule has 0 heterocycles. The molecule has 0 amide bonds. The summed E-state index contributed by atoms with van der Waals surface area (Å²) in [5.74, 6) is 0. The maximum Gasteiger partial charge on any atom is 0.416 e. The smallest absolute Gasteiger partial charge is 0.279 e. The number of benzene rings is 2. The zero-order chi connectivity index (χ0) is 13.7. The molecule has 0 spiro atoms. The summed E-state index contributed by atoms with van der Waals surface area (Å²) in [4.78, 5) is 0. The molecule has 0 aliphatic heterocycles. The summed E-state index contributed by atoms with van der Waals surface area (Å²) in [6.45, 7) is 0. The zero-order valence-corrected chi connectivity index (χ0v) is 9.85. The molecule has 19 heavy (non-hydrogen) atoms. The van der Waals surface area contributed by atoms with Gasteiger partial charge in [0.15, 0.2) is 0 Å². The predicted molar refractivity (Wildman–Crippen MR) is 69.1 cm³/mol. The third-order valence-corrected chi connectivity index (χ3v) is 2.40. The number of nitrogens with zero attached hydrogens (tertiary/aromatic N) is 1. The van der Waals surface area contributed by atoms with E-state index in [0.29, 0.717) is 5.56 Å². The fraction of sp³-hybridized carbons (Fsp3) is 0.0714. The van der Waals surface area contributed by atoms with Gasteiger partial charge in [0, 0.05) is 0 Å². The fourth-order valence-electron chi connectivity index (χ4n) is 1.49. The van der Waals surface area contributed by atoms with E-state index in [9.17, 15) is 13.2 Å². The van der Waals surface area contributed by atoms with E-state index in [1.165, 1.54) is 12.3 Å². The van der Waals surface area contributed by atoms with Crippen molar-refractivity contribution in [3.05, 3.63) is 65.7 Å². The average molecular weight is 264 g/mol. The van der Waals surface area contributed by atoms with Crippen LogP contribution in [-0.2, 0) is 6.18 Å². The van der Waals surface area contributed by atoms with Crippen molar-refractivity contribution in [2.24, 2.45) is 5.10 Å². The van der Waals surface area contributed by atoms with Gasteiger partial charge in [-0.05, 0) is 29.8 Å². The normalized spacial score (nSPS) is 11.7. The SMILES string of the molecule is FC(F)(F)c1cccc(C=NNc2ccccc2)c1. The first-order valence-corrected chi connectivity index (χ1v) is 5.57. The van der Waals surface area contributed by atoms with Gasteiger partial charge in [-0.25, -0.2) is 0 Å². The number of hydrazone groups is 1. The first-order valence-electron chi connectivity index (χ1n) is 5.57. The maximum atomic E-state index is 12.5. The summed E-state index contributed by atoms with van der Waals surface area (Å²) >= 11 is 0. The Bertz CT molecular complexity index is 562. The van der Waals surface area contributed by atoms with E-state index < -0.39 is 11.7 Å². The second-order valence-electron chi connectivity index (χ2n) is 3.86. The molecule has 0 aliphatic rings. The number of anilines is 1. The molecule has 1 N–H and O–H groups in total. The summed E-state index contributed by atoms with van der Waals surface area (Å²) < 4.78 is 37.5. The second-order valence-corrected chi connectivity index (χ2v) is 3.86. The van der Waals surface area contributed by atoms with Crippen molar-refractivity contribution in [2.75, 3.05) is 5.43 Å². The van der Waals surface area contributed by atoms with Crippen molar-refractivity contribution in [3.63, 3.8) is 0 Å². The van der Waals surface area contributed by atoms with Crippen molar-refractivity contribution in [3.8, 4) is 0 Å². The molecule has 0 saturated heterocycles. The van der Waals surface area contributed by atoms with E-state index in [0.717, 1.165) is 17.8 Å². The minimum absolute atomic E-state index is 0.387. The highest BCUT2D eigenvalue weighted by atomic mass is 19.4. The average Bonchev–Trinajstić information content (AvgIpc) is 2.39.